The first-order valence-corrected chi connectivity index (χ1v) is 10.9. The fourth-order valence-electron chi connectivity index (χ4n) is 3.85. The lowest BCUT2D eigenvalue weighted by Gasteiger charge is -2.27. The minimum absolute atomic E-state index is 0.256. The third-order valence-electron chi connectivity index (χ3n) is 5.51. The Hall–Kier alpha value is -2.97. The van der Waals surface area contributed by atoms with Crippen molar-refractivity contribution < 1.29 is 9.53 Å². The van der Waals surface area contributed by atoms with E-state index >= 15 is 0 Å². The van der Waals surface area contributed by atoms with E-state index in [4.69, 9.17) is 4.74 Å². The van der Waals surface area contributed by atoms with Gasteiger partial charge in [0.2, 0.25) is 5.88 Å². The second-order valence-electron chi connectivity index (χ2n) is 7.69. The van der Waals surface area contributed by atoms with Crippen LogP contribution in [0.25, 0.3) is 0 Å². The lowest BCUT2D eigenvalue weighted by Crippen LogP contribution is -2.31. The van der Waals surface area contributed by atoms with Gasteiger partial charge in [-0.25, -0.2) is 9.97 Å². The predicted octanol–water partition coefficient (Wildman–Crippen LogP) is 2.06. The van der Waals surface area contributed by atoms with Gasteiger partial charge in [-0.2, -0.15) is 0 Å². The van der Waals surface area contributed by atoms with Crippen molar-refractivity contribution in [2.75, 3.05) is 49.1 Å². The molecule has 2 aromatic rings. The summed E-state index contributed by atoms with van der Waals surface area (Å²) in [5.74, 6) is 1.99. The molecule has 2 saturated heterocycles. The van der Waals surface area contributed by atoms with E-state index in [9.17, 15) is 4.79 Å². The third kappa shape index (κ3) is 5.34. The van der Waals surface area contributed by atoms with Gasteiger partial charge in [0.25, 0.3) is 5.91 Å². The summed E-state index contributed by atoms with van der Waals surface area (Å²) in [6.45, 7) is 4.72. The highest BCUT2D eigenvalue weighted by atomic mass is 16.5. The molecule has 1 amide bonds. The van der Waals surface area contributed by atoms with Crippen LogP contribution in [0.5, 0.6) is 5.88 Å². The zero-order valence-corrected chi connectivity index (χ0v) is 17.3. The van der Waals surface area contributed by atoms with Crippen LogP contribution in [0.2, 0.25) is 0 Å². The van der Waals surface area contributed by atoms with Gasteiger partial charge in [-0.15, -0.1) is 10.2 Å². The van der Waals surface area contributed by atoms with Crippen molar-refractivity contribution in [2.45, 2.75) is 38.5 Å². The minimum atomic E-state index is -0.256. The van der Waals surface area contributed by atoms with E-state index in [2.05, 4.69) is 35.3 Å². The van der Waals surface area contributed by atoms with Gasteiger partial charge in [0, 0.05) is 32.2 Å². The Bertz CT molecular complexity index is 818. The number of nitrogens with zero attached hydrogens (tertiary/aromatic N) is 6. The molecule has 0 radical (unpaired) electrons. The predicted molar refractivity (Wildman–Crippen MR) is 114 cm³/mol. The molecule has 9 heteroatoms. The number of aromatic nitrogens is 4. The molecule has 30 heavy (non-hydrogen) atoms. The van der Waals surface area contributed by atoms with Crippen molar-refractivity contribution in [3.8, 4) is 5.88 Å². The van der Waals surface area contributed by atoms with Crippen molar-refractivity contribution >= 4 is 17.5 Å². The molecule has 0 aliphatic carbocycles. The molecule has 0 spiro atoms. The topological polar surface area (TPSA) is 96.4 Å². The molecule has 2 aromatic heterocycles. The molecular formula is C21H29N7O2. The summed E-state index contributed by atoms with van der Waals surface area (Å²) in [6.07, 6.45) is 8.79. The maximum Gasteiger partial charge on any atom is 0.271 e. The molecule has 160 valence electrons. The monoisotopic (exact) mass is 411 g/mol. The molecule has 0 aromatic carbocycles. The summed E-state index contributed by atoms with van der Waals surface area (Å²) < 4.78 is 5.69. The number of nitrogens with one attached hydrogen (secondary N) is 1. The van der Waals surface area contributed by atoms with Gasteiger partial charge in [0.05, 0.1) is 6.54 Å². The third-order valence-corrected chi connectivity index (χ3v) is 5.51. The molecule has 0 bridgehead atoms. The highest BCUT2D eigenvalue weighted by Gasteiger charge is 2.15. The van der Waals surface area contributed by atoms with Crippen LogP contribution in [-0.4, -0.2) is 65.4 Å². The SMILES string of the molecule is O=C(NCCOc1cc(N2CCCCC2)ncn1)c1ccc(N2CCCCC2)nn1. The van der Waals surface area contributed by atoms with E-state index in [1.54, 1.807) is 6.07 Å². The average Bonchev–Trinajstić information content (AvgIpc) is 2.83. The van der Waals surface area contributed by atoms with Crippen molar-refractivity contribution in [3.05, 3.63) is 30.2 Å². The second kappa shape index (κ2) is 10.2. The molecule has 4 rings (SSSR count). The van der Waals surface area contributed by atoms with Gasteiger partial charge in [0.15, 0.2) is 11.5 Å². The van der Waals surface area contributed by atoms with Gasteiger partial charge in [-0.3, -0.25) is 4.79 Å². The average molecular weight is 412 g/mol. The zero-order valence-electron chi connectivity index (χ0n) is 17.3. The number of hydrogen-bond acceptors (Lipinski definition) is 8. The van der Waals surface area contributed by atoms with Crippen molar-refractivity contribution in [1.82, 2.24) is 25.5 Å². The molecular weight excluding hydrogens is 382 g/mol. The molecule has 0 saturated carbocycles. The van der Waals surface area contributed by atoms with Crippen LogP contribution in [0.4, 0.5) is 11.6 Å². The summed E-state index contributed by atoms with van der Waals surface area (Å²) in [4.78, 5) is 25.3. The molecule has 2 aliphatic rings. The van der Waals surface area contributed by atoms with Gasteiger partial charge >= 0.3 is 0 Å². The van der Waals surface area contributed by atoms with E-state index in [1.165, 1.54) is 44.9 Å². The van der Waals surface area contributed by atoms with Gasteiger partial charge in [0.1, 0.15) is 18.8 Å². The van der Waals surface area contributed by atoms with E-state index in [1.807, 2.05) is 12.1 Å². The molecule has 9 nitrogen and oxygen atoms in total. The van der Waals surface area contributed by atoms with Crippen LogP contribution in [-0.2, 0) is 0 Å². The Morgan fingerprint density at radius 2 is 1.60 bits per heavy atom. The maximum atomic E-state index is 12.3. The van der Waals surface area contributed by atoms with Crippen molar-refractivity contribution in [3.63, 3.8) is 0 Å². The summed E-state index contributed by atoms with van der Waals surface area (Å²) in [5.41, 5.74) is 0.310. The Morgan fingerprint density at radius 3 is 2.27 bits per heavy atom. The number of carbonyl (C=O) groups excluding carboxylic acids is 1. The minimum Gasteiger partial charge on any atom is -0.476 e. The molecule has 4 heterocycles. The number of piperidine rings is 2. The molecule has 1 N–H and O–H groups in total. The molecule has 0 unspecified atom stereocenters. The van der Waals surface area contributed by atoms with Gasteiger partial charge < -0.3 is 19.9 Å². The van der Waals surface area contributed by atoms with Crippen LogP contribution in [0, 0.1) is 0 Å². The summed E-state index contributed by atoms with van der Waals surface area (Å²) in [7, 11) is 0. The Kier molecular flexibility index (Phi) is 6.89. The Labute approximate surface area is 176 Å². The standard InChI is InChI=1S/C21H29N7O2/c29-21(17-7-8-18(26-25-17)27-10-3-1-4-11-27)22-9-14-30-20-15-19(23-16-24-20)28-12-5-2-6-13-28/h7-8,15-16H,1-6,9-14H2,(H,22,29). The van der Waals surface area contributed by atoms with E-state index < -0.39 is 0 Å². The first-order valence-electron chi connectivity index (χ1n) is 10.9. The van der Waals surface area contributed by atoms with E-state index in [-0.39, 0.29) is 5.91 Å². The van der Waals surface area contributed by atoms with Crippen molar-refractivity contribution in [2.24, 2.45) is 0 Å². The number of ether oxygens (including phenoxy) is 1. The fraction of sp³-hybridized carbons (Fsp3) is 0.571. The number of amides is 1. The fourth-order valence-corrected chi connectivity index (χ4v) is 3.85. The number of carbonyl (C=O) groups is 1. The summed E-state index contributed by atoms with van der Waals surface area (Å²) in [6, 6.07) is 5.45. The Balaban J connectivity index is 1.22. The van der Waals surface area contributed by atoms with Crippen LogP contribution in [0.1, 0.15) is 49.0 Å². The van der Waals surface area contributed by atoms with Gasteiger partial charge in [-0.1, -0.05) is 0 Å². The van der Waals surface area contributed by atoms with Crippen LogP contribution in [0.15, 0.2) is 24.5 Å². The maximum absolute atomic E-state index is 12.3. The molecule has 2 aliphatic heterocycles. The van der Waals surface area contributed by atoms with E-state index in [0.29, 0.717) is 24.7 Å². The lowest BCUT2D eigenvalue weighted by molar-refractivity contribution is 0.0940. The Morgan fingerprint density at radius 1 is 0.900 bits per heavy atom. The van der Waals surface area contributed by atoms with Crippen molar-refractivity contribution in [1.29, 1.82) is 0 Å². The summed E-state index contributed by atoms with van der Waals surface area (Å²) >= 11 is 0. The van der Waals surface area contributed by atoms with Crippen LogP contribution < -0.4 is 19.9 Å². The highest BCUT2D eigenvalue weighted by molar-refractivity contribution is 5.92. The zero-order chi connectivity index (χ0) is 20.6. The number of anilines is 2. The van der Waals surface area contributed by atoms with Crippen LogP contribution in [0.3, 0.4) is 0 Å². The largest absolute Gasteiger partial charge is 0.476 e. The normalized spacial score (nSPS) is 16.9. The quantitative estimate of drug-likeness (QED) is 0.692. The first-order chi connectivity index (χ1) is 14.8. The summed E-state index contributed by atoms with van der Waals surface area (Å²) in [5, 5.41) is 11.1. The lowest BCUT2D eigenvalue weighted by atomic mass is 10.1. The van der Waals surface area contributed by atoms with Gasteiger partial charge in [-0.05, 0) is 50.7 Å². The smallest absolute Gasteiger partial charge is 0.271 e. The van der Waals surface area contributed by atoms with E-state index in [0.717, 1.165) is 37.8 Å². The van der Waals surface area contributed by atoms with Crippen LogP contribution >= 0.6 is 0 Å². The highest BCUT2D eigenvalue weighted by Crippen LogP contribution is 2.20. The second-order valence-corrected chi connectivity index (χ2v) is 7.69. The molecule has 2 fully saturated rings. The number of rotatable bonds is 7. The number of hydrogen-bond donors (Lipinski definition) is 1. The first kappa shape index (κ1) is 20.3. The molecule has 0 atom stereocenters.